The molecule has 8 heteroatoms. The average Bonchev–Trinajstić information content (AvgIpc) is 2.92. The molecule has 0 saturated carbocycles. The van der Waals surface area contributed by atoms with Crippen molar-refractivity contribution in [3.63, 3.8) is 0 Å². The maximum absolute atomic E-state index is 13.3. The van der Waals surface area contributed by atoms with Gasteiger partial charge in [-0.05, 0) is 26.2 Å². The van der Waals surface area contributed by atoms with E-state index in [0.717, 1.165) is 25.6 Å². The number of nitrogens with two attached hydrogens (primary N) is 1. The molecule has 142 valence electrons. The van der Waals surface area contributed by atoms with E-state index in [4.69, 9.17) is 5.73 Å². The van der Waals surface area contributed by atoms with Crippen LogP contribution in [-0.4, -0.2) is 42.5 Å². The molecule has 0 aromatic rings. The maximum atomic E-state index is 13.3. The first-order valence-electron chi connectivity index (χ1n) is 8.55. The van der Waals surface area contributed by atoms with Crippen molar-refractivity contribution < 1.29 is 18.0 Å². The number of allylic oxidation sites excluding steroid dienone is 2. The van der Waals surface area contributed by atoms with Crippen molar-refractivity contribution in [2.24, 2.45) is 10.7 Å². The van der Waals surface area contributed by atoms with E-state index in [0.29, 0.717) is 32.4 Å². The van der Waals surface area contributed by atoms with E-state index in [1.54, 1.807) is 4.90 Å². The molecule has 1 heterocycles. The van der Waals surface area contributed by atoms with Crippen molar-refractivity contribution in [2.75, 3.05) is 19.6 Å². The molecule has 0 unspecified atom stereocenters. The number of alkyl halides is 3. The molecule has 0 atom stereocenters. The fraction of sp³-hybridized carbons (Fsp3) is 0.647. The van der Waals surface area contributed by atoms with Crippen LogP contribution in [0.1, 0.15) is 46.0 Å². The largest absolute Gasteiger partial charge is 0.419 e. The number of hydrogen-bond donors (Lipinski definition) is 2. The number of nitrogens with zero attached hydrogens (tertiary/aromatic N) is 2. The molecule has 1 rings (SSSR count). The number of unbranched alkanes of at least 4 members (excludes halogenated alkanes) is 1. The zero-order valence-electron chi connectivity index (χ0n) is 14.8. The minimum atomic E-state index is -4.53. The molecule has 1 aliphatic rings. The Labute approximate surface area is 146 Å². The molecule has 0 radical (unpaired) electrons. The molecule has 1 amide bonds. The van der Waals surface area contributed by atoms with Crippen LogP contribution in [0.5, 0.6) is 0 Å². The van der Waals surface area contributed by atoms with E-state index in [1.807, 2.05) is 6.92 Å². The Morgan fingerprint density at radius 1 is 1.44 bits per heavy atom. The van der Waals surface area contributed by atoms with Gasteiger partial charge in [-0.25, -0.2) is 4.99 Å². The Bertz CT molecular complexity index is 535. The van der Waals surface area contributed by atoms with Gasteiger partial charge in [0.1, 0.15) is 0 Å². The summed E-state index contributed by atoms with van der Waals surface area (Å²) in [5.74, 6) is 0.175. The lowest BCUT2D eigenvalue weighted by Crippen LogP contribution is -2.29. The van der Waals surface area contributed by atoms with Crippen LogP contribution in [0.2, 0.25) is 0 Å². The first kappa shape index (κ1) is 21.1. The van der Waals surface area contributed by atoms with Crippen LogP contribution >= 0.6 is 0 Å². The van der Waals surface area contributed by atoms with Crippen LogP contribution < -0.4 is 11.1 Å². The summed E-state index contributed by atoms with van der Waals surface area (Å²) in [4.78, 5) is 16.9. The number of likely N-dealkylation sites (tertiary alicyclic amines) is 1. The van der Waals surface area contributed by atoms with Gasteiger partial charge in [-0.1, -0.05) is 19.4 Å². The molecule has 5 nitrogen and oxygen atoms in total. The summed E-state index contributed by atoms with van der Waals surface area (Å²) in [7, 11) is 0. The minimum Gasteiger partial charge on any atom is -0.387 e. The van der Waals surface area contributed by atoms with E-state index < -0.39 is 11.7 Å². The van der Waals surface area contributed by atoms with Crippen molar-refractivity contribution in [3.8, 4) is 0 Å². The van der Waals surface area contributed by atoms with E-state index in [9.17, 15) is 18.0 Å². The Morgan fingerprint density at radius 3 is 2.68 bits per heavy atom. The first-order valence-corrected chi connectivity index (χ1v) is 8.55. The van der Waals surface area contributed by atoms with E-state index in [1.165, 1.54) is 13.0 Å². The summed E-state index contributed by atoms with van der Waals surface area (Å²) in [5, 5.41) is 2.85. The molecule has 0 bridgehead atoms. The number of carbonyl (C=O) groups excluding carboxylic acids is 1. The highest BCUT2D eigenvalue weighted by Gasteiger charge is 2.36. The third-order valence-electron chi connectivity index (χ3n) is 3.72. The number of nitrogens with one attached hydrogen (secondary N) is 1. The number of aliphatic imine (C=N–C) groups is 1. The van der Waals surface area contributed by atoms with E-state index >= 15 is 0 Å². The van der Waals surface area contributed by atoms with Crippen molar-refractivity contribution in [3.05, 3.63) is 23.5 Å². The molecule has 0 aliphatic carbocycles. The Balaban J connectivity index is 2.75. The highest BCUT2D eigenvalue weighted by Crippen LogP contribution is 2.30. The summed E-state index contributed by atoms with van der Waals surface area (Å²) >= 11 is 0. The number of rotatable bonds is 9. The standard InChI is InChI=1S/C17H27F3N4O/c1-3-4-7-15(14(17(18,19)20)12-23-13(2)21)22-9-6-11-24-10-5-8-16(24)25/h7,12,22H,3-6,8-11H2,1-2H3,(H2,21,23)/b14-12+,15-7-. The number of amidine groups is 1. The topological polar surface area (TPSA) is 70.7 Å². The molecular weight excluding hydrogens is 333 g/mol. The van der Waals surface area contributed by atoms with Crippen LogP contribution in [-0.2, 0) is 4.79 Å². The van der Waals surface area contributed by atoms with Gasteiger partial charge >= 0.3 is 6.18 Å². The lowest BCUT2D eigenvalue weighted by Gasteiger charge is -2.19. The van der Waals surface area contributed by atoms with Gasteiger partial charge in [0.05, 0.1) is 11.4 Å². The fourth-order valence-electron chi connectivity index (χ4n) is 2.46. The number of amides is 1. The molecule has 3 N–H and O–H groups in total. The van der Waals surface area contributed by atoms with Gasteiger partial charge < -0.3 is 16.0 Å². The average molecular weight is 360 g/mol. The van der Waals surface area contributed by atoms with E-state index in [-0.39, 0.29) is 17.4 Å². The number of carbonyl (C=O) groups is 1. The minimum absolute atomic E-state index is 0.00657. The summed E-state index contributed by atoms with van der Waals surface area (Å²) in [6.07, 6.45) is 1.01. The van der Waals surface area contributed by atoms with Crippen LogP contribution in [0, 0.1) is 0 Å². The maximum Gasteiger partial charge on any atom is 0.419 e. The van der Waals surface area contributed by atoms with Crippen LogP contribution in [0.25, 0.3) is 0 Å². The smallest absolute Gasteiger partial charge is 0.387 e. The summed E-state index contributed by atoms with van der Waals surface area (Å²) in [5.41, 5.74) is 4.51. The second kappa shape index (κ2) is 10.1. The van der Waals surface area contributed by atoms with Crippen molar-refractivity contribution in [1.82, 2.24) is 10.2 Å². The van der Waals surface area contributed by atoms with Gasteiger partial charge in [0.2, 0.25) is 5.91 Å². The molecule has 0 spiro atoms. The predicted molar refractivity (Wildman–Crippen MR) is 92.9 cm³/mol. The Hall–Kier alpha value is -1.99. The second-order valence-corrected chi connectivity index (χ2v) is 5.98. The third kappa shape index (κ3) is 7.62. The molecule has 0 aromatic carbocycles. The molecular formula is C17H27F3N4O. The Morgan fingerprint density at radius 2 is 2.16 bits per heavy atom. The van der Waals surface area contributed by atoms with Crippen LogP contribution in [0.4, 0.5) is 13.2 Å². The molecule has 1 aliphatic heterocycles. The molecule has 25 heavy (non-hydrogen) atoms. The van der Waals surface area contributed by atoms with Gasteiger partial charge in [-0.3, -0.25) is 4.79 Å². The van der Waals surface area contributed by atoms with Gasteiger partial charge in [0, 0.05) is 38.0 Å². The zero-order chi connectivity index (χ0) is 18.9. The zero-order valence-corrected chi connectivity index (χ0v) is 14.8. The molecule has 1 fully saturated rings. The highest BCUT2D eigenvalue weighted by molar-refractivity contribution is 5.78. The Kier molecular flexibility index (Phi) is 8.51. The van der Waals surface area contributed by atoms with E-state index in [2.05, 4.69) is 10.3 Å². The van der Waals surface area contributed by atoms with Crippen LogP contribution in [0.15, 0.2) is 28.5 Å². The number of halogens is 3. The summed E-state index contributed by atoms with van der Waals surface area (Å²) < 4.78 is 40.0. The first-order chi connectivity index (χ1) is 11.8. The van der Waals surface area contributed by atoms with Crippen molar-refractivity contribution in [2.45, 2.75) is 52.1 Å². The monoisotopic (exact) mass is 360 g/mol. The SMILES string of the molecule is CCC/C=C(NCCCN1CCCC1=O)/C(=C\N=C(C)N)C(F)(F)F. The second-order valence-electron chi connectivity index (χ2n) is 5.98. The third-order valence-corrected chi connectivity index (χ3v) is 3.72. The quantitative estimate of drug-likeness (QED) is 0.287. The van der Waals surface area contributed by atoms with Crippen LogP contribution in [0.3, 0.4) is 0 Å². The normalized spacial score (nSPS) is 17.4. The van der Waals surface area contributed by atoms with Gasteiger partial charge in [-0.2, -0.15) is 13.2 Å². The van der Waals surface area contributed by atoms with Gasteiger partial charge in [-0.15, -0.1) is 0 Å². The predicted octanol–water partition coefficient (Wildman–Crippen LogP) is 3.10. The molecule has 0 aromatic heterocycles. The van der Waals surface area contributed by atoms with Gasteiger partial charge in [0.25, 0.3) is 0 Å². The summed E-state index contributed by atoms with van der Waals surface area (Å²) in [6.45, 7) is 4.96. The van der Waals surface area contributed by atoms with Gasteiger partial charge in [0.15, 0.2) is 0 Å². The van der Waals surface area contributed by atoms with Crippen molar-refractivity contribution >= 4 is 11.7 Å². The number of hydrogen-bond acceptors (Lipinski definition) is 3. The highest BCUT2D eigenvalue weighted by atomic mass is 19.4. The van der Waals surface area contributed by atoms with Crippen molar-refractivity contribution in [1.29, 1.82) is 0 Å². The lowest BCUT2D eigenvalue weighted by atomic mass is 10.1. The molecule has 1 saturated heterocycles. The fourth-order valence-corrected chi connectivity index (χ4v) is 2.46. The lowest BCUT2D eigenvalue weighted by molar-refractivity contribution is -0.127. The summed E-state index contributed by atoms with van der Waals surface area (Å²) in [6, 6.07) is 0.